The molecule has 1 aliphatic carbocycles. The Balaban J connectivity index is 1.91. The molecule has 1 N–H and O–H groups in total. The first kappa shape index (κ1) is 20.5. The van der Waals surface area contributed by atoms with Crippen molar-refractivity contribution >= 4 is 5.71 Å². The highest BCUT2D eigenvalue weighted by molar-refractivity contribution is 6.16. The molecule has 0 unspecified atom stereocenters. The van der Waals surface area contributed by atoms with E-state index in [4.69, 9.17) is 23.9 Å². The molecule has 7 heteroatoms. The number of nitrogens with zero attached hydrogens (tertiary/aromatic N) is 2. The van der Waals surface area contributed by atoms with Crippen molar-refractivity contribution in [2.75, 3.05) is 27.9 Å². The van der Waals surface area contributed by atoms with E-state index < -0.39 is 0 Å². The number of ether oxygens (including phenoxy) is 4. The van der Waals surface area contributed by atoms with Gasteiger partial charge in [-0.1, -0.05) is 0 Å². The third-order valence-corrected chi connectivity index (χ3v) is 5.86. The fraction of sp³-hybridized carbons (Fsp3) is 0.478. The van der Waals surface area contributed by atoms with E-state index in [2.05, 4.69) is 4.98 Å². The van der Waals surface area contributed by atoms with Gasteiger partial charge >= 0.3 is 0 Å². The summed E-state index contributed by atoms with van der Waals surface area (Å²) >= 11 is 0. The van der Waals surface area contributed by atoms with Crippen molar-refractivity contribution in [1.82, 2.24) is 4.98 Å². The van der Waals surface area contributed by atoms with Gasteiger partial charge in [-0.15, -0.1) is 0 Å². The lowest BCUT2D eigenvalue weighted by atomic mass is 9.74. The molecule has 2 aliphatic rings. The minimum Gasteiger partial charge on any atom is -0.493 e. The number of hydrogen-bond donors (Lipinski definition) is 1. The zero-order chi connectivity index (χ0) is 21.3. The van der Waals surface area contributed by atoms with Gasteiger partial charge in [0.2, 0.25) is 11.8 Å². The molecule has 3 atom stereocenters. The van der Waals surface area contributed by atoms with Gasteiger partial charge in [0.1, 0.15) is 0 Å². The summed E-state index contributed by atoms with van der Waals surface area (Å²) < 4.78 is 22.2. The van der Waals surface area contributed by atoms with Crippen LogP contribution >= 0.6 is 0 Å². The summed E-state index contributed by atoms with van der Waals surface area (Å²) in [4.78, 5) is 9.56. The molecule has 2 heterocycles. The summed E-state index contributed by atoms with van der Waals surface area (Å²) in [5.74, 6) is 2.43. The van der Waals surface area contributed by atoms with E-state index in [1.165, 1.54) is 0 Å². The van der Waals surface area contributed by atoms with Gasteiger partial charge in [0.15, 0.2) is 11.5 Å². The summed E-state index contributed by atoms with van der Waals surface area (Å²) in [6.07, 6.45) is 1.95. The van der Waals surface area contributed by atoms with E-state index in [-0.39, 0.29) is 18.1 Å². The molecule has 1 fully saturated rings. The standard InChI is InChI=1S/C23H28N2O5/c1-5-30-20-11-15-16-10-13(26)6-8-18(16)24-22(17(15)12-19(20)27-2)14-7-9-21(28-3)25-23(14)29-4/h7,9,11-13,16,18,26H,5-6,8,10H2,1-4H3/t13-,16-,18-/m1/s1. The highest BCUT2D eigenvalue weighted by Crippen LogP contribution is 2.45. The zero-order valence-electron chi connectivity index (χ0n) is 17.8. The number of hydrogen-bond acceptors (Lipinski definition) is 7. The molecule has 0 bridgehead atoms. The predicted octanol–water partition coefficient (Wildman–Crippen LogP) is 3.35. The van der Waals surface area contributed by atoms with Crippen LogP contribution in [0.1, 0.15) is 48.8 Å². The lowest BCUT2D eigenvalue weighted by Gasteiger charge is -2.37. The number of methoxy groups -OCH3 is 3. The van der Waals surface area contributed by atoms with Gasteiger partial charge in [-0.2, -0.15) is 4.98 Å². The van der Waals surface area contributed by atoms with Crippen LogP contribution in [0.4, 0.5) is 0 Å². The first-order chi connectivity index (χ1) is 14.6. The second kappa shape index (κ2) is 8.52. The van der Waals surface area contributed by atoms with Crippen LogP contribution in [-0.4, -0.2) is 55.9 Å². The van der Waals surface area contributed by atoms with Crippen molar-refractivity contribution in [3.05, 3.63) is 41.0 Å². The number of aromatic nitrogens is 1. The second-order valence-electron chi connectivity index (χ2n) is 7.55. The van der Waals surface area contributed by atoms with E-state index in [0.29, 0.717) is 36.3 Å². The molecular weight excluding hydrogens is 384 g/mol. The van der Waals surface area contributed by atoms with Gasteiger partial charge in [0.25, 0.3) is 0 Å². The smallest absolute Gasteiger partial charge is 0.226 e. The maximum Gasteiger partial charge on any atom is 0.226 e. The molecule has 7 nitrogen and oxygen atoms in total. The van der Waals surface area contributed by atoms with E-state index >= 15 is 0 Å². The van der Waals surface area contributed by atoms with Crippen LogP contribution in [0.15, 0.2) is 29.3 Å². The number of benzene rings is 1. The molecule has 1 aromatic heterocycles. The van der Waals surface area contributed by atoms with E-state index in [1.54, 1.807) is 21.3 Å². The van der Waals surface area contributed by atoms with Gasteiger partial charge in [-0.25, -0.2) is 0 Å². The highest BCUT2D eigenvalue weighted by Gasteiger charge is 2.38. The molecule has 2 aromatic rings. The number of rotatable bonds is 6. The van der Waals surface area contributed by atoms with Gasteiger partial charge in [0.05, 0.1) is 51.4 Å². The van der Waals surface area contributed by atoms with Crippen molar-refractivity contribution in [2.45, 2.75) is 44.2 Å². The summed E-state index contributed by atoms with van der Waals surface area (Å²) in [5, 5.41) is 10.3. The van der Waals surface area contributed by atoms with Gasteiger partial charge in [-0.05, 0) is 49.9 Å². The summed E-state index contributed by atoms with van der Waals surface area (Å²) in [5.41, 5.74) is 3.69. The van der Waals surface area contributed by atoms with E-state index in [9.17, 15) is 5.11 Å². The number of aliphatic hydroxyl groups is 1. The Bertz CT molecular complexity index is 959. The zero-order valence-corrected chi connectivity index (χ0v) is 17.8. The maximum absolute atomic E-state index is 10.3. The number of fused-ring (bicyclic) bond motifs is 3. The first-order valence-corrected chi connectivity index (χ1v) is 10.3. The fourth-order valence-electron chi connectivity index (χ4n) is 4.46. The minimum atomic E-state index is -0.314. The van der Waals surface area contributed by atoms with Crippen molar-refractivity contribution in [1.29, 1.82) is 0 Å². The fourth-order valence-corrected chi connectivity index (χ4v) is 4.46. The van der Waals surface area contributed by atoms with E-state index in [1.807, 2.05) is 31.2 Å². The second-order valence-corrected chi connectivity index (χ2v) is 7.55. The molecule has 1 aromatic carbocycles. The van der Waals surface area contributed by atoms with Crippen LogP contribution in [0.3, 0.4) is 0 Å². The Morgan fingerprint density at radius 1 is 1.00 bits per heavy atom. The Labute approximate surface area is 176 Å². The van der Waals surface area contributed by atoms with Crippen LogP contribution in [0.5, 0.6) is 23.3 Å². The third kappa shape index (κ3) is 3.58. The van der Waals surface area contributed by atoms with Crippen molar-refractivity contribution < 1.29 is 24.1 Å². The summed E-state index contributed by atoms with van der Waals surface area (Å²) in [7, 11) is 4.80. The van der Waals surface area contributed by atoms with Crippen LogP contribution in [0.25, 0.3) is 0 Å². The van der Waals surface area contributed by atoms with Crippen LogP contribution in [-0.2, 0) is 0 Å². The van der Waals surface area contributed by atoms with Crippen molar-refractivity contribution in [3.8, 4) is 23.3 Å². The van der Waals surface area contributed by atoms with E-state index in [0.717, 1.165) is 35.2 Å². The maximum atomic E-state index is 10.3. The average Bonchev–Trinajstić information content (AvgIpc) is 2.78. The molecule has 4 rings (SSSR count). The number of aliphatic imine (C=N–C) groups is 1. The average molecular weight is 412 g/mol. The SMILES string of the molecule is CCOc1cc2c(cc1OC)C(c1ccc(OC)nc1OC)=N[C@@H]1CC[C@@H](O)C[C@H]21. The summed E-state index contributed by atoms with van der Waals surface area (Å²) in [6.45, 7) is 2.50. The third-order valence-electron chi connectivity index (χ3n) is 5.86. The van der Waals surface area contributed by atoms with Gasteiger partial charge < -0.3 is 24.1 Å². The molecule has 0 saturated heterocycles. The topological polar surface area (TPSA) is 82.4 Å². The molecule has 30 heavy (non-hydrogen) atoms. The first-order valence-electron chi connectivity index (χ1n) is 10.3. The van der Waals surface area contributed by atoms with Crippen LogP contribution in [0, 0.1) is 0 Å². The monoisotopic (exact) mass is 412 g/mol. The molecule has 1 aliphatic heterocycles. The molecule has 0 radical (unpaired) electrons. The van der Waals surface area contributed by atoms with Gasteiger partial charge in [0, 0.05) is 17.5 Å². The van der Waals surface area contributed by atoms with Crippen molar-refractivity contribution in [2.24, 2.45) is 4.99 Å². The molecule has 0 spiro atoms. The molecular formula is C23H28N2O5. The largest absolute Gasteiger partial charge is 0.493 e. The van der Waals surface area contributed by atoms with Gasteiger partial charge in [-0.3, -0.25) is 4.99 Å². The van der Waals surface area contributed by atoms with Crippen LogP contribution < -0.4 is 18.9 Å². The Morgan fingerprint density at radius 3 is 2.53 bits per heavy atom. The quantitative estimate of drug-likeness (QED) is 0.784. The Kier molecular flexibility index (Phi) is 5.81. The minimum absolute atomic E-state index is 0.0885. The number of pyridine rings is 1. The lowest BCUT2D eigenvalue weighted by molar-refractivity contribution is 0.111. The number of aliphatic hydroxyl groups excluding tert-OH is 1. The Hall–Kier alpha value is -2.80. The summed E-state index contributed by atoms with van der Waals surface area (Å²) in [6, 6.07) is 7.84. The predicted molar refractivity (Wildman–Crippen MR) is 114 cm³/mol. The van der Waals surface area contributed by atoms with Crippen molar-refractivity contribution in [3.63, 3.8) is 0 Å². The van der Waals surface area contributed by atoms with Crippen LogP contribution in [0.2, 0.25) is 0 Å². The Morgan fingerprint density at radius 2 is 1.83 bits per heavy atom. The normalized spacial score (nSPS) is 22.4. The lowest BCUT2D eigenvalue weighted by Crippen LogP contribution is -2.34. The molecule has 0 amide bonds. The highest BCUT2D eigenvalue weighted by atomic mass is 16.5. The molecule has 160 valence electrons. The molecule has 1 saturated carbocycles.